The standard InChI is InChI=1S/C16H18IN3O/c1-18-16-14(17)13(9-21-2)19-15(20-16)12-5-3-4-11(8-12)10-6-7-10/h3-5,8,10H,6-7,9H2,1-2H3,(H,18,19,20). The van der Waals surface area contributed by atoms with Crippen molar-refractivity contribution in [1.82, 2.24) is 9.97 Å². The number of aromatic nitrogens is 2. The Hall–Kier alpha value is -1.21. The summed E-state index contributed by atoms with van der Waals surface area (Å²) in [6.45, 7) is 0.491. The van der Waals surface area contributed by atoms with E-state index in [9.17, 15) is 0 Å². The Bertz CT molecular complexity index is 656. The zero-order valence-electron chi connectivity index (χ0n) is 12.2. The van der Waals surface area contributed by atoms with Crippen molar-refractivity contribution in [1.29, 1.82) is 0 Å². The van der Waals surface area contributed by atoms with Gasteiger partial charge in [0, 0.05) is 19.7 Å². The van der Waals surface area contributed by atoms with Gasteiger partial charge in [0.25, 0.3) is 0 Å². The molecule has 5 heteroatoms. The van der Waals surface area contributed by atoms with Gasteiger partial charge in [0.2, 0.25) is 0 Å². The molecule has 0 radical (unpaired) electrons. The van der Waals surface area contributed by atoms with Gasteiger partial charge < -0.3 is 10.1 Å². The number of halogens is 1. The smallest absolute Gasteiger partial charge is 0.161 e. The third kappa shape index (κ3) is 3.18. The van der Waals surface area contributed by atoms with Crippen LogP contribution in [0.5, 0.6) is 0 Å². The number of benzene rings is 1. The molecular weight excluding hydrogens is 377 g/mol. The van der Waals surface area contributed by atoms with Crippen LogP contribution in [0.1, 0.15) is 30.0 Å². The fraction of sp³-hybridized carbons (Fsp3) is 0.375. The molecule has 1 aromatic carbocycles. The quantitative estimate of drug-likeness (QED) is 0.783. The molecule has 4 nitrogen and oxygen atoms in total. The molecule has 1 N–H and O–H groups in total. The molecular formula is C16H18IN3O. The van der Waals surface area contributed by atoms with Gasteiger partial charge in [-0.15, -0.1) is 0 Å². The summed E-state index contributed by atoms with van der Waals surface area (Å²) in [5, 5.41) is 3.14. The van der Waals surface area contributed by atoms with E-state index in [0.29, 0.717) is 6.61 Å². The summed E-state index contributed by atoms with van der Waals surface area (Å²) >= 11 is 2.26. The van der Waals surface area contributed by atoms with Crippen LogP contribution in [0.25, 0.3) is 11.4 Å². The van der Waals surface area contributed by atoms with Crippen molar-refractivity contribution >= 4 is 28.4 Å². The fourth-order valence-electron chi connectivity index (χ4n) is 2.37. The number of hydrogen-bond acceptors (Lipinski definition) is 4. The summed E-state index contributed by atoms with van der Waals surface area (Å²) in [5.41, 5.74) is 3.39. The molecule has 0 amide bonds. The van der Waals surface area contributed by atoms with Crippen molar-refractivity contribution in [3.05, 3.63) is 39.1 Å². The van der Waals surface area contributed by atoms with Crippen molar-refractivity contribution in [2.24, 2.45) is 0 Å². The molecule has 1 aliphatic carbocycles. The Morgan fingerprint density at radius 1 is 1.33 bits per heavy atom. The van der Waals surface area contributed by atoms with E-state index in [1.807, 2.05) is 7.05 Å². The Kier molecular flexibility index (Phi) is 4.40. The third-order valence-corrected chi connectivity index (χ3v) is 4.76. The van der Waals surface area contributed by atoms with E-state index in [0.717, 1.165) is 32.4 Å². The summed E-state index contributed by atoms with van der Waals surface area (Å²) in [4.78, 5) is 9.32. The normalized spacial score (nSPS) is 14.2. The molecule has 2 aromatic rings. The minimum atomic E-state index is 0.491. The molecule has 21 heavy (non-hydrogen) atoms. The van der Waals surface area contributed by atoms with Crippen LogP contribution in [-0.2, 0) is 11.3 Å². The predicted octanol–water partition coefficient (Wildman–Crippen LogP) is 3.81. The highest BCUT2D eigenvalue weighted by molar-refractivity contribution is 14.1. The average Bonchev–Trinajstić information content (AvgIpc) is 3.34. The van der Waals surface area contributed by atoms with Crippen LogP contribution in [0.4, 0.5) is 5.82 Å². The molecule has 1 saturated carbocycles. The lowest BCUT2D eigenvalue weighted by molar-refractivity contribution is 0.181. The number of rotatable bonds is 5. The first-order chi connectivity index (χ1) is 10.2. The number of hydrogen-bond donors (Lipinski definition) is 1. The topological polar surface area (TPSA) is 47.0 Å². The maximum Gasteiger partial charge on any atom is 0.161 e. The Morgan fingerprint density at radius 3 is 2.81 bits per heavy atom. The van der Waals surface area contributed by atoms with Gasteiger partial charge >= 0.3 is 0 Å². The maximum atomic E-state index is 5.25. The minimum absolute atomic E-state index is 0.491. The van der Waals surface area contributed by atoms with Gasteiger partial charge in [0.15, 0.2) is 5.82 Å². The lowest BCUT2D eigenvalue weighted by Crippen LogP contribution is -2.06. The predicted molar refractivity (Wildman–Crippen MR) is 92.4 cm³/mol. The molecule has 110 valence electrons. The van der Waals surface area contributed by atoms with Gasteiger partial charge in [-0.1, -0.05) is 18.2 Å². The van der Waals surface area contributed by atoms with Crippen LogP contribution in [-0.4, -0.2) is 24.1 Å². The molecule has 1 aliphatic rings. The molecule has 0 spiro atoms. The largest absolute Gasteiger partial charge is 0.378 e. The molecule has 0 atom stereocenters. The van der Waals surface area contributed by atoms with E-state index >= 15 is 0 Å². The molecule has 0 aliphatic heterocycles. The number of nitrogens with one attached hydrogen (secondary N) is 1. The first-order valence-corrected chi connectivity index (χ1v) is 8.14. The van der Waals surface area contributed by atoms with Gasteiger partial charge in [-0.05, 0) is 53.0 Å². The Balaban J connectivity index is 2.04. The van der Waals surface area contributed by atoms with Crippen molar-refractivity contribution in [2.45, 2.75) is 25.4 Å². The molecule has 0 bridgehead atoms. The van der Waals surface area contributed by atoms with Crippen LogP contribution >= 0.6 is 22.6 Å². The lowest BCUT2D eigenvalue weighted by atomic mass is 10.1. The van der Waals surface area contributed by atoms with Crippen LogP contribution in [0, 0.1) is 3.57 Å². The SMILES string of the molecule is CNc1nc(-c2cccc(C3CC3)c2)nc(COC)c1I. The molecule has 1 fully saturated rings. The van der Waals surface area contributed by atoms with Crippen molar-refractivity contribution < 1.29 is 4.74 Å². The summed E-state index contributed by atoms with van der Waals surface area (Å²) in [5.74, 6) is 2.34. The first kappa shape index (κ1) is 14.7. The number of nitrogens with zero attached hydrogens (tertiary/aromatic N) is 2. The highest BCUT2D eigenvalue weighted by Crippen LogP contribution is 2.41. The van der Waals surface area contributed by atoms with E-state index in [1.165, 1.54) is 18.4 Å². The zero-order chi connectivity index (χ0) is 14.8. The number of anilines is 1. The van der Waals surface area contributed by atoms with Gasteiger partial charge in [-0.2, -0.15) is 0 Å². The molecule has 1 heterocycles. The number of methoxy groups -OCH3 is 1. The first-order valence-electron chi connectivity index (χ1n) is 7.06. The van der Waals surface area contributed by atoms with Crippen LogP contribution in [0.15, 0.2) is 24.3 Å². The van der Waals surface area contributed by atoms with E-state index in [4.69, 9.17) is 4.74 Å². The summed E-state index contributed by atoms with van der Waals surface area (Å²) in [6.07, 6.45) is 2.60. The van der Waals surface area contributed by atoms with Crippen molar-refractivity contribution in [2.75, 3.05) is 19.5 Å². The second kappa shape index (κ2) is 6.27. The number of ether oxygens (including phenoxy) is 1. The van der Waals surface area contributed by atoms with Crippen molar-refractivity contribution in [3.63, 3.8) is 0 Å². The van der Waals surface area contributed by atoms with Crippen LogP contribution in [0.3, 0.4) is 0 Å². The fourth-order valence-corrected chi connectivity index (χ4v) is 3.04. The summed E-state index contributed by atoms with van der Waals surface area (Å²) < 4.78 is 6.26. The monoisotopic (exact) mass is 395 g/mol. The average molecular weight is 395 g/mol. The zero-order valence-corrected chi connectivity index (χ0v) is 14.3. The van der Waals surface area contributed by atoms with Crippen LogP contribution in [0.2, 0.25) is 0 Å². The van der Waals surface area contributed by atoms with E-state index in [2.05, 4.69) is 62.1 Å². The minimum Gasteiger partial charge on any atom is -0.378 e. The molecule has 3 rings (SSSR count). The van der Waals surface area contributed by atoms with Gasteiger partial charge in [-0.3, -0.25) is 0 Å². The maximum absolute atomic E-state index is 5.25. The molecule has 1 aromatic heterocycles. The third-order valence-electron chi connectivity index (χ3n) is 3.63. The summed E-state index contributed by atoms with van der Waals surface area (Å²) in [6, 6.07) is 8.59. The van der Waals surface area contributed by atoms with Crippen molar-refractivity contribution in [3.8, 4) is 11.4 Å². The molecule has 0 saturated heterocycles. The van der Waals surface area contributed by atoms with E-state index < -0.39 is 0 Å². The Labute approximate surface area is 138 Å². The summed E-state index contributed by atoms with van der Waals surface area (Å²) in [7, 11) is 3.57. The second-order valence-corrected chi connectivity index (χ2v) is 6.32. The van der Waals surface area contributed by atoms with E-state index in [1.54, 1.807) is 7.11 Å². The van der Waals surface area contributed by atoms with Crippen LogP contribution < -0.4 is 5.32 Å². The van der Waals surface area contributed by atoms with Gasteiger partial charge in [0.1, 0.15) is 5.82 Å². The highest BCUT2D eigenvalue weighted by Gasteiger charge is 2.24. The Morgan fingerprint density at radius 2 is 2.14 bits per heavy atom. The molecule has 0 unspecified atom stereocenters. The van der Waals surface area contributed by atoms with Gasteiger partial charge in [-0.25, -0.2) is 9.97 Å². The van der Waals surface area contributed by atoms with E-state index in [-0.39, 0.29) is 0 Å². The second-order valence-electron chi connectivity index (χ2n) is 5.24. The van der Waals surface area contributed by atoms with Gasteiger partial charge in [0.05, 0.1) is 15.9 Å². The highest BCUT2D eigenvalue weighted by atomic mass is 127. The lowest BCUT2D eigenvalue weighted by Gasteiger charge is -2.11.